The van der Waals surface area contributed by atoms with E-state index in [1.807, 2.05) is 0 Å². The van der Waals surface area contributed by atoms with Crippen LogP contribution in [0.25, 0.3) is 0 Å². The van der Waals surface area contributed by atoms with Gasteiger partial charge in [-0.15, -0.1) is 0 Å². The predicted octanol–water partition coefficient (Wildman–Crippen LogP) is 2.59. The van der Waals surface area contributed by atoms with Crippen LogP contribution >= 0.6 is 11.5 Å². The van der Waals surface area contributed by atoms with Crippen molar-refractivity contribution in [3.63, 3.8) is 0 Å². The van der Waals surface area contributed by atoms with Crippen LogP contribution in [0.2, 0.25) is 0 Å². The van der Waals surface area contributed by atoms with Crippen molar-refractivity contribution in [2.75, 3.05) is 17.6 Å². The monoisotopic (exact) mass is 236 g/mol. The Labute approximate surface area is 99.6 Å². The van der Waals surface area contributed by atoms with Gasteiger partial charge in [0.25, 0.3) is 0 Å². The number of aromatic nitrogens is 1. The first kappa shape index (κ1) is 11.2. The minimum Gasteiger partial charge on any atom is -0.382 e. The van der Waals surface area contributed by atoms with Gasteiger partial charge in [-0.3, -0.25) is 0 Å². The Morgan fingerprint density at radius 3 is 2.88 bits per heavy atom. The number of nitrogen functional groups attached to an aromatic ring is 1. The van der Waals surface area contributed by atoms with Gasteiger partial charge in [-0.2, -0.15) is 9.64 Å². The first-order valence-electron chi connectivity index (χ1n) is 5.60. The zero-order valence-corrected chi connectivity index (χ0v) is 10.2. The van der Waals surface area contributed by atoms with Gasteiger partial charge in [-0.1, -0.05) is 13.3 Å². The summed E-state index contributed by atoms with van der Waals surface area (Å²) in [5, 5.41) is 13.1. The first-order chi connectivity index (χ1) is 7.71. The number of nitrogens with one attached hydrogen (secondary N) is 1. The van der Waals surface area contributed by atoms with E-state index in [-0.39, 0.29) is 0 Å². The van der Waals surface area contributed by atoms with Gasteiger partial charge < -0.3 is 11.1 Å². The summed E-state index contributed by atoms with van der Waals surface area (Å²) >= 11 is 1.28. The third-order valence-electron chi connectivity index (χ3n) is 3.62. The van der Waals surface area contributed by atoms with E-state index in [9.17, 15) is 0 Å². The zero-order valence-electron chi connectivity index (χ0n) is 9.42. The molecule has 86 valence electrons. The molecular weight excluding hydrogens is 220 g/mol. The van der Waals surface area contributed by atoms with Crippen molar-refractivity contribution in [1.82, 2.24) is 4.37 Å². The molecule has 2 rings (SSSR count). The highest BCUT2D eigenvalue weighted by Crippen LogP contribution is 2.44. The Kier molecular flexibility index (Phi) is 3.01. The van der Waals surface area contributed by atoms with Crippen molar-refractivity contribution in [3.05, 3.63) is 5.56 Å². The van der Waals surface area contributed by atoms with Crippen LogP contribution in [0.5, 0.6) is 0 Å². The Hall–Kier alpha value is -1.28. The van der Waals surface area contributed by atoms with E-state index in [4.69, 9.17) is 11.0 Å². The minimum atomic E-state index is 0.342. The van der Waals surface area contributed by atoms with Gasteiger partial charge in [0.15, 0.2) is 5.82 Å². The van der Waals surface area contributed by atoms with E-state index in [2.05, 4.69) is 22.7 Å². The number of hydrogen-bond donors (Lipinski definition) is 2. The minimum absolute atomic E-state index is 0.342. The van der Waals surface area contributed by atoms with Crippen LogP contribution in [0.15, 0.2) is 0 Å². The van der Waals surface area contributed by atoms with Crippen LogP contribution < -0.4 is 11.1 Å². The van der Waals surface area contributed by atoms with Crippen LogP contribution in [0.4, 0.5) is 10.8 Å². The number of nitrogens with two attached hydrogens (primary N) is 1. The largest absolute Gasteiger partial charge is 0.382 e. The zero-order chi connectivity index (χ0) is 11.6. The molecule has 1 saturated carbocycles. The topological polar surface area (TPSA) is 74.7 Å². The second kappa shape index (κ2) is 4.30. The molecule has 1 aliphatic rings. The van der Waals surface area contributed by atoms with E-state index in [0.717, 1.165) is 11.5 Å². The van der Waals surface area contributed by atoms with Gasteiger partial charge in [0.1, 0.15) is 16.6 Å². The maximum atomic E-state index is 8.94. The SMILES string of the molecule is CCC1(CNc2snc(N)c2C#N)CCC1. The van der Waals surface area contributed by atoms with Crippen LogP contribution in [0, 0.1) is 16.7 Å². The van der Waals surface area contributed by atoms with Crippen molar-refractivity contribution in [3.8, 4) is 6.07 Å². The molecule has 0 spiro atoms. The second-order valence-corrected chi connectivity index (χ2v) is 5.22. The van der Waals surface area contributed by atoms with Gasteiger partial charge in [0, 0.05) is 6.54 Å². The third kappa shape index (κ3) is 1.85. The summed E-state index contributed by atoms with van der Waals surface area (Å²) in [4.78, 5) is 0. The molecule has 1 aromatic rings. The Morgan fingerprint density at radius 1 is 1.62 bits per heavy atom. The van der Waals surface area contributed by atoms with Crippen LogP contribution in [-0.4, -0.2) is 10.9 Å². The van der Waals surface area contributed by atoms with E-state index in [1.54, 1.807) is 0 Å². The molecule has 4 nitrogen and oxygen atoms in total. The lowest BCUT2D eigenvalue weighted by Gasteiger charge is -2.41. The fraction of sp³-hybridized carbons (Fsp3) is 0.636. The molecule has 0 radical (unpaired) electrons. The van der Waals surface area contributed by atoms with E-state index >= 15 is 0 Å². The fourth-order valence-electron chi connectivity index (χ4n) is 2.13. The van der Waals surface area contributed by atoms with Crippen LogP contribution in [-0.2, 0) is 0 Å². The fourth-order valence-corrected chi connectivity index (χ4v) is 2.79. The second-order valence-electron chi connectivity index (χ2n) is 4.44. The third-order valence-corrected chi connectivity index (χ3v) is 4.44. The Balaban J connectivity index is 2.02. The number of nitriles is 1. The summed E-state index contributed by atoms with van der Waals surface area (Å²) in [7, 11) is 0. The molecule has 0 aliphatic heterocycles. The molecular formula is C11H16N4S. The number of hydrogen-bond acceptors (Lipinski definition) is 5. The van der Waals surface area contributed by atoms with Gasteiger partial charge >= 0.3 is 0 Å². The molecule has 16 heavy (non-hydrogen) atoms. The number of nitrogens with zero attached hydrogens (tertiary/aromatic N) is 2. The maximum absolute atomic E-state index is 8.94. The van der Waals surface area contributed by atoms with Gasteiger partial charge in [-0.25, -0.2) is 0 Å². The lowest BCUT2D eigenvalue weighted by Crippen LogP contribution is -2.35. The average Bonchev–Trinajstić information content (AvgIpc) is 2.58. The molecule has 1 heterocycles. The predicted molar refractivity (Wildman–Crippen MR) is 66.3 cm³/mol. The molecule has 1 aliphatic carbocycles. The molecule has 1 fully saturated rings. The highest BCUT2D eigenvalue weighted by Gasteiger charge is 2.35. The lowest BCUT2D eigenvalue weighted by molar-refractivity contribution is 0.145. The average molecular weight is 236 g/mol. The molecule has 0 amide bonds. The van der Waals surface area contributed by atoms with Crippen molar-refractivity contribution >= 4 is 22.4 Å². The molecule has 0 atom stereocenters. The van der Waals surface area contributed by atoms with E-state index in [1.165, 1.54) is 37.2 Å². The van der Waals surface area contributed by atoms with Gasteiger partial charge in [0.05, 0.1) is 0 Å². The van der Waals surface area contributed by atoms with Crippen LogP contribution in [0.3, 0.4) is 0 Å². The highest BCUT2D eigenvalue weighted by atomic mass is 32.1. The summed E-state index contributed by atoms with van der Waals surface area (Å²) < 4.78 is 3.99. The molecule has 0 aromatic carbocycles. The normalized spacial score (nSPS) is 17.5. The van der Waals surface area contributed by atoms with Crippen molar-refractivity contribution in [2.45, 2.75) is 32.6 Å². The van der Waals surface area contributed by atoms with Gasteiger partial charge in [-0.05, 0) is 36.2 Å². The van der Waals surface area contributed by atoms with E-state index < -0.39 is 0 Å². The van der Waals surface area contributed by atoms with Gasteiger partial charge in [0.2, 0.25) is 0 Å². The smallest absolute Gasteiger partial charge is 0.157 e. The molecule has 0 unspecified atom stereocenters. The molecule has 0 bridgehead atoms. The Bertz CT molecular complexity index is 409. The standard InChI is InChI=1S/C11H16N4S/c1-2-11(4-3-5-11)7-14-10-8(6-12)9(13)15-16-10/h14H,2-5,7H2,1H3,(H2,13,15). The highest BCUT2D eigenvalue weighted by molar-refractivity contribution is 7.10. The summed E-state index contributed by atoms with van der Waals surface area (Å²) in [5.41, 5.74) is 6.54. The van der Waals surface area contributed by atoms with Crippen LogP contribution in [0.1, 0.15) is 38.2 Å². The summed E-state index contributed by atoms with van der Waals surface area (Å²) in [6.45, 7) is 3.16. The van der Waals surface area contributed by atoms with Crippen molar-refractivity contribution < 1.29 is 0 Å². The quantitative estimate of drug-likeness (QED) is 0.842. The molecule has 1 aromatic heterocycles. The summed E-state index contributed by atoms with van der Waals surface area (Å²) in [6.07, 6.45) is 5.08. The molecule has 5 heteroatoms. The summed E-state index contributed by atoms with van der Waals surface area (Å²) in [6, 6.07) is 2.09. The summed E-state index contributed by atoms with van der Waals surface area (Å²) in [5.74, 6) is 0.342. The molecule has 3 N–H and O–H groups in total. The maximum Gasteiger partial charge on any atom is 0.157 e. The lowest BCUT2D eigenvalue weighted by atomic mass is 9.67. The van der Waals surface area contributed by atoms with E-state index in [0.29, 0.717) is 16.8 Å². The Morgan fingerprint density at radius 2 is 2.38 bits per heavy atom. The first-order valence-corrected chi connectivity index (χ1v) is 6.37. The van der Waals surface area contributed by atoms with Crippen molar-refractivity contribution in [2.24, 2.45) is 5.41 Å². The van der Waals surface area contributed by atoms with Crippen molar-refractivity contribution in [1.29, 1.82) is 5.26 Å². The number of anilines is 2. The number of rotatable bonds is 4. The molecule has 0 saturated heterocycles.